The number of nitrogens with zero attached hydrogens (tertiary/aromatic N) is 3. The van der Waals surface area contributed by atoms with Gasteiger partial charge in [-0.3, -0.25) is 9.48 Å². The number of carbonyl (C=O) groups is 1. The second-order valence-electron chi connectivity index (χ2n) is 7.98. The van der Waals surface area contributed by atoms with Gasteiger partial charge in [-0.25, -0.2) is 4.98 Å². The van der Waals surface area contributed by atoms with Gasteiger partial charge in [0.15, 0.2) is 0 Å². The van der Waals surface area contributed by atoms with E-state index in [1.54, 1.807) is 17.1 Å². The fraction of sp³-hybridized carbons (Fsp3) is 0.476. The number of aromatic amines is 1. The molecule has 0 saturated carbocycles. The van der Waals surface area contributed by atoms with Crippen molar-refractivity contribution in [1.29, 1.82) is 0 Å². The lowest BCUT2D eigenvalue weighted by Crippen LogP contribution is -2.32. The van der Waals surface area contributed by atoms with E-state index in [0.29, 0.717) is 44.8 Å². The van der Waals surface area contributed by atoms with Crippen LogP contribution in [-0.4, -0.2) is 58.1 Å². The van der Waals surface area contributed by atoms with Crippen LogP contribution in [0.15, 0.2) is 23.1 Å². The number of nitrogens with one attached hydrogen (secondary N) is 2. The maximum atomic E-state index is 14.1. The molecule has 2 N–H and O–H groups in total. The van der Waals surface area contributed by atoms with Crippen LogP contribution in [0.1, 0.15) is 33.1 Å². The fourth-order valence-corrected chi connectivity index (χ4v) is 4.20. The average molecular weight is 465 g/mol. The lowest BCUT2D eigenvalue weighted by Gasteiger charge is -2.22. The first-order chi connectivity index (χ1) is 15.9. The zero-order valence-corrected chi connectivity index (χ0v) is 17.6. The summed E-state index contributed by atoms with van der Waals surface area (Å²) >= 11 is 0. The summed E-state index contributed by atoms with van der Waals surface area (Å²) < 4.78 is 60.4. The molecule has 1 fully saturated rings. The van der Waals surface area contributed by atoms with Crippen LogP contribution >= 0.6 is 0 Å². The molecule has 1 atom stereocenters. The molecule has 1 aliphatic carbocycles. The van der Waals surface area contributed by atoms with Crippen LogP contribution < -0.4 is 5.32 Å². The highest BCUT2D eigenvalue weighted by Gasteiger charge is 2.45. The molecule has 12 heteroatoms. The standard InChI is InChI=1S/C21H22F3N5O4/c22-21(23,24)17-16-15(33-19(17)20(30)26-4-3-13-7-25-11-27-13)2-1-12-8-29(28-18(12)16)9-14-10-31-5-6-32-14/h7-8,11,14H,1-6,9-10H2,(H,25,27)(H,26,30)/t14-/m0/s1. The van der Waals surface area contributed by atoms with Crippen LogP contribution in [0.2, 0.25) is 0 Å². The normalized spacial score (nSPS) is 18.1. The summed E-state index contributed by atoms with van der Waals surface area (Å²) in [6, 6.07) is 0. The molecule has 9 nitrogen and oxygen atoms in total. The number of H-pyrrole nitrogens is 1. The predicted molar refractivity (Wildman–Crippen MR) is 108 cm³/mol. The Bertz CT molecular complexity index is 1130. The molecule has 0 bridgehead atoms. The minimum atomic E-state index is -4.79. The molecule has 33 heavy (non-hydrogen) atoms. The van der Waals surface area contributed by atoms with Crippen LogP contribution in [0, 0.1) is 0 Å². The van der Waals surface area contributed by atoms with Crippen LogP contribution in [0.3, 0.4) is 0 Å². The molecule has 0 aromatic carbocycles. The summed E-state index contributed by atoms with van der Waals surface area (Å²) in [7, 11) is 0. The summed E-state index contributed by atoms with van der Waals surface area (Å²) in [5.41, 5.74) is 0.395. The van der Waals surface area contributed by atoms with Gasteiger partial charge in [0, 0.05) is 37.5 Å². The number of hydrogen-bond acceptors (Lipinski definition) is 6. The largest absolute Gasteiger partial charge is 0.455 e. The number of carbonyl (C=O) groups excluding carboxylic acids is 1. The number of alkyl halides is 3. The minimum absolute atomic E-state index is 0.121. The number of fused-ring (bicyclic) bond motifs is 3. The number of rotatable bonds is 6. The Morgan fingerprint density at radius 3 is 2.91 bits per heavy atom. The Morgan fingerprint density at radius 1 is 1.30 bits per heavy atom. The average Bonchev–Trinajstić information content (AvgIpc) is 3.51. The van der Waals surface area contributed by atoms with Crippen molar-refractivity contribution < 1.29 is 31.9 Å². The van der Waals surface area contributed by atoms with Gasteiger partial charge in [-0.15, -0.1) is 0 Å². The van der Waals surface area contributed by atoms with Crippen molar-refractivity contribution in [3.63, 3.8) is 0 Å². The Kier molecular flexibility index (Phi) is 5.71. The topological polar surface area (TPSA) is 107 Å². The van der Waals surface area contributed by atoms with Gasteiger partial charge in [0.25, 0.3) is 5.91 Å². The van der Waals surface area contributed by atoms with E-state index in [0.717, 1.165) is 5.69 Å². The van der Waals surface area contributed by atoms with Gasteiger partial charge >= 0.3 is 6.18 Å². The van der Waals surface area contributed by atoms with Crippen molar-refractivity contribution in [3.05, 3.63) is 47.1 Å². The quantitative estimate of drug-likeness (QED) is 0.579. The monoisotopic (exact) mass is 465 g/mol. The van der Waals surface area contributed by atoms with Crippen molar-refractivity contribution in [1.82, 2.24) is 25.1 Å². The number of imidazole rings is 1. The maximum Gasteiger partial charge on any atom is 0.420 e. The van der Waals surface area contributed by atoms with E-state index < -0.39 is 23.4 Å². The Morgan fingerprint density at radius 2 is 2.18 bits per heavy atom. The lowest BCUT2D eigenvalue weighted by molar-refractivity contribution is -0.137. The third kappa shape index (κ3) is 4.40. The van der Waals surface area contributed by atoms with Crippen molar-refractivity contribution in [2.24, 2.45) is 0 Å². The van der Waals surface area contributed by atoms with Gasteiger partial charge in [-0.1, -0.05) is 0 Å². The highest BCUT2D eigenvalue weighted by atomic mass is 19.4. The van der Waals surface area contributed by atoms with Gasteiger partial charge in [-0.05, 0) is 12.0 Å². The fourth-order valence-electron chi connectivity index (χ4n) is 4.20. The number of aromatic nitrogens is 4. The van der Waals surface area contributed by atoms with Crippen molar-refractivity contribution in [2.45, 2.75) is 38.1 Å². The second kappa shape index (κ2) is 8.67. The van der Waals surface area contributed by atoms with E-state index in [9.17, 15) is 18.0 Å². The zero-order chi connectivity index (χ0) is 23.0. The molecule has 5 rings (SSSR count). The van der Waals surface area contributed by atoms with Gasteiger partial charge < -0.3 is 24.2 Å². The van der Waals surface area contributed by atoms with Crippen LogP contribution in [-0.2, 0) is 41.5 Å². The van der Waals surface area contributed by atoms with Gasteiger partial charge in [0.2, 0.25) is 5.76 Å². The number of ether oxygens (including phenoxy) is 2. The van der Waals surface area contributed by atoms with E-state index in [-0.39, 0.29) is 36.1 Å². The summed E-state index contributed by atoms with van der Waals surface area (Å²) in [5, 5.41) is 6.91. The summed E-state index contributed by atoms with van der Waals surface area (Å²) in [4.78, 5) is 19.4. The molecule has 1 saturated heterocycles. The molecule has 0 unspecified atom stereocenters. The maximum absolute atomic E-state index is 14.1. The molecular formula is C21H22F3N5O4. The number of amides is 1. The number of halogens is 3. The SMILES string of the molecule is O=C(NCCc1cnc[nH]1)c1oc2c(c1C(F)(F)F)-c1nn(C[C@H]3COCCO3)cc1CC2. The highest BCUT2D eigenvalue weighted by Crippen LogP contribution is 2.46. The third-order valence-corrected chi connectivity index (χ3v) is 5.68. The van der Waals surface area contributed by atoms with Gasteiger partial charge in [-0.2, -0.15) is 18.3 Å². The summed E-state index contributed by atoms with van der Waals surface area (Å²) in [6.07, 6.45) is 0.916. The molecule has 3 aromatic heterocycles. The Balaban J connectivity index is 1.42. The van der Waals surface area contributed by atoms with Crippen molar-refractivity contribution in [2.75, 3.05) is 26.4 Å². The highest BCUT2D eigenvalue weighted by molar-refractivity contribution is 5.96. The first kappa shape index (κ1) is 21.7. The molecule has 3 aromatic rings. The van der Waals surface area contributed by atoms with E-state index in [2.05, 4.69) is 20.4 Å². The molecular weight excluding hydrogens is 443 g/mol. The molecule has 1 aliphatic heterocycles. The predicted octanol–water partition coefficient (Wildman–Crippen LogP) is 2.37. The number of furan rings is 1. The molecule has 2 aliphatic rings. The number of aryl methyl sites for hydroxylation is 2. The first-order valence-corrected chi connectivity index (χ1v) is 10.6. The van der Waals surface area contributed by atoms with Gasteiger partial charge in [0.1, 0.15) is 17.4 Å². The smallest absolute Gasteiger partial charge is 0.420 e. The van der Waals surface area contributed by atoms with Crippen LogP contribution in [0.4, 0.5) is 13.2 Å². The zero-order valence-electron chi connectivity index (χ0n) is 17.6. The third-order valence-electron chi connectivity index (χ3n) is 5.68. The second-order valence-corrected chi connectivity index (χ2v) is 7.98. The van der Waals surface area contributed by atoms with E-state index in [4.69, 9.17) is 13.9 Å². The van der Waals surface area contributed by atoms with E-state index >= 15 is 0 Å². The molecule has 176 valence electrons. The van der Waals surface area contributed by atoms with E-state index in [1.807, 2.05) is 0 Å². The molecule has 0 spiro atoms. The van der Waals surface area contributed by atoms with Gasteiger partial charge in [0.05, 0.1) is 44.0 Å². The van der Waals surface area contributed by atoms with Crippen molar-refractivity contribution in [3.8, 4) is 11.3 Å². The Hall–Kier alpha value is -3.12. The molecule has 0 radical (unpaired) electrons. The number of hydrogen-bond donors (Lipinski definition) is 2. The summed E-state index contributed by atoms with van der Waals surface area (Å²) in [5.74, 6) is -1.52. The summed E-state index contributed by atoms with van der Waals surface area (Å²) in [6.45, 7) is 1.88. The molecule has 1 amide bonds. The van der Waals surface area contributed by atoms with Crippen LogP contribution in [0.25, 0.3) is 11.3 Å². The van der Waals surface area contributed by atoms with Crippen molar-refractivity contribution >= 4 is 5.91 Å². The first-order valence-electron chi connectivity index (χ1n) is 10.6. The molecule has 4 heterocycles. The lowest BCUT2D eigenvalue weighted by atomic mass is 9.93. The van der Waals surface area contributed by atoms with E-state index in [1.165, 1.54) is 6.33 Å². The van der Waals surface area contributed by atoms with Crippen LogP contribution in [0.5, 0.6) is 0 Å². The Labute approximate surface area is 186 Å². The minimum Gasteiger partial charge on any atom is -0.455 e.